The SMILES string of the molecule is Cc1nn(C)c(Cl)c1S(=O)[O-]. The number of rotatable bonds is 1. The van der Waals surface area contributed by atoms with Crippen LogP contribution in [0, 0.1) is 6.92 Å². The molecule has 0 aliphatic carbocycles. The lowest BCUT2D eigenvalue weighted by Crippen LogP contribution is -1.91. The van der Waals surface area contributed by atoms with E-state index in [0.29, 0.717) is 5.69 Å². The summed E-state index contributed by atoms with van der Waals surface area (Å²) >= 11 is 3.32. The molecule has 1 atom stereocenters. The van der Waals surface area contributed by atoms with Crippen LogP contribution >= 0.6 is 11.6 Å². The van der Waals surface area contributed by atoms with E-state index in [9.17, 15) is 8.76 Å². The molecular formula is C5H6ClN2O2S-. The summed E-state index contributed by atoms with van der Waals surface area (Å²) in [6.45, 7) is 1.59. The van der Waals surface area contributed by atoms with Crippen LogP contribution in [0.3, 0.4) is 0 Å². The highest BCUT2D eigenvalue weighted by molar-refractivity contribution is 7.79. The lowest BCUT2D eigenvalue weighted by atomic mass is 10.5. The summed E-state index contributed by atoms with van der Waals surface area (Å²) in [4.78, 5) is 0.0779. The van der Waals surface area contributed by atoms with Crippen molar-refractivity contribution in [3.63, 3.8) is 0 Å². The first kappa shape index (κ1) is 8.70. The van der Waals surface area contributed by atoms with Gasteiger partial charge in [0.1, 0.15) is 5.15 Å². The summed E-state index contributed by atoms with van der Waals surface area (Å²) in [7, 11) is 1.59. The smallest absolute Gasteiger partial charge is 0.141 e. The summed E-state index contributed by atoms with van der Waals surface area (Å²) in [5.74, 6) is 0. The van der Waals surface area contributed by atoms with Crippen LogP contribution in [0.15, 0.2) is 4.90 Å². The van der Waals surface area contributed by atoms with Crippen molar-refractivity contribution in [1.82, 2.24) is 9.78 Å². The Morgan fingerprint density at radius 1 is 1.73 bits per heavy atom. The third-order valence-electron chi connectivity index (χ3n) is 1.27. The van der Waals surface area contributed by atoms with E-state index in [1.165, 1.54) is 4.68 Å². The number of hydrogen-bond acceptors (Lipinski definition) is 3. The van der Waals surface area contributed by atoms with Crippen molar-refractivity contribution in [2.24, 2.45) is 7.05 Å². The van der Waals surface area contributed by atoms with Gasteiger partial charge in [-0.1, -0.05) is 11.6 Å². The molecule has 1 aromatic rings. The molecule has 1 aromatic heterocycles. The van der Waals surface area contributed by atoms with Crippen molar-refractivity contribution in [2.45, 2.75) is 11.8 Å². The van der Waals surface area contributed by atoms with Crippen LogP contribution < -0.4 is 0 Å². The van der Waals surface area contributed by atoms with Gasteiger partial charge in [-0.15, -0.1) is 0 Å². The molecule has 4 nitrogen and oxygen atoms in total. The molecule has 0 radical (unpaired) electrons. The fourth-order valence-electron chi connectivity index (χ4n) is 0.800. The van der Waals surface area contributed by atoms with Gasteiger partial charge in [-0.2, -0.15) is 5.10 Å². The van der Waals surface area contributed by atoms with Gasteiger partial charge in [0.05, 0.1) is 10.6 Å². The van der Waals surface area contributed by atoms with E-state index in [1.807, 2.05) is 0 Å². The molecule has 0 N–H and O–H groups in total. The maximum atomic E-state index is 10.5. The Labute approximate surface area is 71.4 Å². The molecule has 1 rings (SSSR count). The van der Waals surface area contributed by atoms with E-state index in [1.54, 1.807) is 14.0 Å². The molecule has 62 valence electrons. The summed E-state index contributed by atoms with van der Waals surface area (Å²) in [6, 6.07) is 0. The first-order chi connectivity index (χ1) is 5.04. The first-order valence-electron chi connectivity index (χ1n) is 2.82. The molecule has 6 heteroatoms. The molecule has 0 fully saturated rings. The van der Waals surface area contributed by atoms with Crippen LogP contribution in [0.5, 0.6) is 0 Å². The van der Waals surface area contributed by atoms with E-state index < -0.39 is 11.1 Å². The number of nitrogens with zero attached hydrogens (tertiary/aromatic N) is 2. The fraction of sp³-hybridized carbons (Fsp3) is 0.400. The molecule has 1 unspecified atom stereocenters. The molecule has 0 amide bonds. The molecule has 0 aliphatic rings. The molecule has 0 saturated carbocycles. The van der Waals surface area contributed by atoms with Crippen molar-refractivity contribution in [1.29, 1.82) is 0 Å². The average Bonchev–Trinajstić information content (AvgIpc) is 2.07. The Hall–Kier alpha value is -0.390. The van der Waals surface area contributed by atoms with Crippen LogP contribution in [-0.4, -0.2) is 18.5 Å². The van der Waals surface area contributed by atoms with Crippen molar-refractivity contribution < 1.29 is 8.76 Å². The summed E-state index contributed by atoms with van der Waals surface area (Å²) in [5, 5.41) is 3.97. The van der Waals surface area contributed by atoms with Crippen LogP contribution in [0.25, 0.3) is 0 Å². The number of hydrogen-bond donors (Lipinski definition) is 0. The van der Waals surface area contributed by atoms with Gasteiger partial charge < -0.3 is 4.55 Å². The second-order valence-corrected chi connectivity index (χ2v) is 3.30. The molecule has 11 heavy (non-hydrogen) atoms. The van der Waals surface area contributed by atoms with Gasteiger partial charge >= 0.3 is 0 Å². The molecule has 0 saturated heterocycles. The van der Waals surface area contributed by atoms with Crippen molar-refractivity contribution >= 4 is 22.7 Å². The quantitative estimate of drug-likeness (QED) is 0.615. The Balaban J connectivity index is 3.34. The topological polar surface area (TPSA) is 58.0 Å². The zero-order valence-corrected chi connectivity index (χ0v) is 7.57. The predicted octanol–water partition coefficient (Wildman–Crippen LogP) is 0.620. The maximum absolute atomic E-state index is 10.5. The standard InChI is InChI=1S/C5H7ClN2O2S/c1-3-4(11(9)10)5(6)8(2)7-3/h1-2H3,(H,9,10)/p-1. The minimum atomic E-state index is -2.30. The van der Waals surface area contributed by atoms with Gasteiger partial charge in [0, 0.05) is 7.05 Å². The van der Waals surface area contributed by atoms with Gasteiger partial charge in [0.2, 0.25) is 0 Å². The molecule has 0 spiro atoms. The van der Waals surface area contributed by atoms with Crippen LogP contribution in [-0.2, 0) is 18.1 Å². The minimum Gasteiger partial charge on any atom is -0.768 e. The van der Waals surface area contributed by atoms with E-state index in [2.05, 4.69) is 5.10 Å². The highest BCUT2D eigenvalue weighted by atomic mass is 35.5. The average molecular weight is 194 g/mol. The zero-order valence-electron chi connectivity index (χ0n) is 6.00. The van der Waals surface area contributed by atoms with E-state index >= 15 is 0 Å². The third kappa shape index (κ3) is 1.45. The summed E-state index contributed by atoms with van der Waals surface area (Å²) in [6.07, 6.45) is 0. The summed E-state index contributed by atoms with van der Waals surface area (Å²) < 4.78 is 22.4. The maximum Gasteiger partial charge on any atom is 0.141 e. The molecule has 0 aliphatic heterocycles. The van der Waals surface area contributed by atoms with E-state index in [-0.39, 0.29) is 10.0 Å². The van der Waals surface area contributed by atoms with Crippen molar-refractivity contribution in [3.05, 3.63) is 10.8 Å². The van der Waals surface area contributed by atoms with Crippen LogP contribution in [0.1, 0.15) is 5.69 Å². The second-order valence-electron chi connectivity index (χ2n) is 2.06. The van der Waals surface area contributed by atoms with Crippen LogP contribution in [0.2, 0.25) is 5.15 Å². The zero-order chi connectivity index (χ0) is 8.59. The number of halogens is 1. The fourth-order valence-corrected chi connectivity index (χ4v) is 1.72. The normalized spacial score (nSPS) is 13.5. The van der Waals surface area contributed by atoms with Gasteiger partial charge in [-0.3, -0.25) is 8.89 Å². The van der Waals surface area contributed by atoms with E-state index in [0.717, 1.165) is 0 Å². The lowest BCUT2D eigenvalue weighted by Gasteiger charge is -2.02. The largest absolute Gasteiger partial charge is 0.768 e. The number of aromatic nitrogens is 2. The summed E-state index contributed by atoms with van der Waals surface area (Å²) in [5.41, 5.74) is 0.422. The lowest BCUT2D eigenvalue weighted by molar-refractivity contribution is 0.536. The molecular weight excluding hydrogens is 188 g/mol. The Kier molecular flexibility index (Phi) is 2.31. The molecule has 0 bridgehead atoms. The van der Waals surface area contributed by atoms with Crippen LogP contribution in [0.4, 0.5) is 0 Å². The monoisotopic (exact) mass is 193 g/mol. The van der Waals surface area contributed by atoms with E-state index in [4.69, 9.17) is 11.6 Å². The Morgan fingerprint density at radius 2 is 2.27 bits per heavy atom. The van der Waals surface area contributed by atoms with Gasteiger partial charge in [-0.25, -0.2) is 0 Å². The highest BCUT2D eigenvalue weighted by Gasteiger charge is 2.10. The van der Waals surface area contributed by atoms with Crippen molar-refractivity contribution in [3.8, 4) is 0 Å². The Morgan fingerprint density at radius 3 is 2.45 bits per heavy atom. The second kappa shape index (κ2) is 2.92. The number of aryl methyl sites for hydroxylation is 2. The van der Waals surface area contributed by atoms with Gasteiger partial charge in [0.15, 0.2) is 0 Å². The first-order valence-corrected chi connectivity index (χ1v) is 4.27. The van der Waals surface area contributed by atoms with Gasteiger partial charge in [-0.05, 0) is 18.0 Å². The third-order valence-corrected chi connectivity index (χ3v) is 2.63. The molecule has 0 aromatic carbocycles. The van der Waals surface area contributed by atoms with Gasteiger partial charge in [0.25, 0.3) is 0 Å². The predicted molar refractivity (Wildman–Crippen MR) is 40.1 cm³/mol. The molecule has 1 heterocycles. The Bertz CT molecular complexity index is 310. The highest BCUT2D eigenvalue weighted by Crippen LogP contribution is 2.20. The minimum absolute atomic E-state index is 0.0779. The van der Waals surface area contributed by atoms with Crippen molar-refractivity contribution in [2.75, 3.05) is 0 Å².